The van der Waals surface area contributed by atoms with Crippen molar-refractivity contribution < 1.29 is 9.53 Å². The van der Waals surface area contributed by atoms with Gasteiger partial charge >= 0.3 is 5.97 Å². The number of carbonyl (C=O) groups is 1. The van der Waals surface area contributed by atoms with E-state index in [-0.39, 0.29) is 12.6 Å². The molecule has 0 bridgehead atoms. The van der Waals surface area contributed by atoms with Crippen molar-refractivity contribution in [2.45, 2.75) is 12.6 Å². The van der Waals surface area contributed by atoms with Crippen molar-refractivity contribution in [2.24, 2.45) is 0 Å². The first-order chi connectivity index (χ1) is 14.8. The quantitative estimate of drug-likeness (QED) is 0.380. The molecule has 1 heterocycles. The normalized spacial score (nSPS) is 10.3. The third kappa shape index (κ3) is 4.81. The van der Waals surface area contributed by atoms with E-state index in [1.807, 2.05) is 66.7 Å². The van der Waals surface area contributed by atoms with Gasteiger partial charge in [0.2, 0.25) is 0 Å². The predicted octanol–water partition coefficient (Wildman–Crippen LogP) is 4.01. The Bertz CT molecular complexity index is 1120. The molecule has 0 radical (unpaired) electrons. The molecule has 0 atom stereocenters. The highest BCUT2D eigenvalue weighted by Crippen LogP contribution is 2.25. The lowest BCUT2D eigenvalue weighted by atomic mass is 9.99. The van der Waals surface area contributed by atoms with E-state index >= 15 is 0 Å². The van der Waals surface area contributed by atoms with Gasteiger partial charge in [-0.05, 0) is 23.3 Å². The smallest absolute Gasteiger partial charge is 0.385 e. The van der Waals surface area contributed by atoms with Gasteiger partial charge in [-0.25, -0.2) is 9.48 Å². The Morgan fingerprint density at radius 1 is 0.867 bits per heavy atom. The van der Waals surface area contributed by atoms with E-state index in [1.54, 1.807) is 10.9 Å². The Balaban J connectivity index is 1.48. The highest BCUT2D eigenvalue weighted by atomic mass is 16.5. The van der Waals surface area contributed by atoms with Crippen LogP contribution in [0.15, 0.2) is 97.2 Å². The Morgan fingerprint density at radius 2 is 1.43 bits per heavy atom. The second-order valence-corrected chi connectivity index (χ2v) is 6.61. The fraction of sp³-hybridized carbons (Fsp3) is 0.0800. The van der Waals surface area contributed by atoms with Gasteiger partial charge in [-0.1, -0.05) is 90.0 Å². The molecule has 0 N–H and O–H groups in total. The number of carbonyl (C=O) groups excluding carboxylic acids is 1. The summed E-state index contributed by atoms with van der Waals surface area (Å²) in [6.07, 6.45) is 1.79. The molecule has 0 aliphatic carbocycles. The van der Waals surface area contributed by atoms with Gasteiger partial charge in [0.25, 0.3) is 0 Å². The molecule has 0 aliphatic rings. The maximum absolute atomic E-state index is 11.9. The van der Waals surface area contributed by atoms with E-state index in [1.165, 1.54) is 0 Å². The number of rotatable bonds is 5. The first kappa shape index (κ1) is 19.2. The second kappa shape index (κ2) is 9.35. The van der Waals surface area contributed by atoms with Crippen LogP contribution in [0.4, 0.5) is 0 Å². The van der Waals surface area contributed by atoms with E-state index in [0.29, 0.717) is 5.69 Å². The molecule has 146 valence electrons. The minimum atomic E-state index is -0.601. The summed E-state index contributed by atoms with van der Waals surface area (Å²) in [4.78, 5) is 11.9. The lowest BCUT2D eigenvalue weighted by Crippen LogP contribution is -2.13. The van der Waals surface area contributed by atoms with Gasteiger partial charge in [-0.3, -0.25) is 0 Å². The molecule has 30 heavy (non-hydrogen) atoms. The van der Waals surface area contributed by atoms with Gasteiger partial charge in [0.1, 0.15) is 18.3 Å². The number of hydrogen-bond donors (Lipinski definition) is 0. The summed E-state index contributed by atoms with van der Waals surface area (Å²) < 4.78 is 7.01. The minimum absolute atomic E-state index is 0.0125. The Labute approximate surface area is 174 Å². The number of aromatic nitrogens is 3. The maximum atomic E-state index is 11.9. The molecule has 5 heteroatoms. The van der Waals surface area contributed by atoms with E-state index in [0.717, 1.165) is 16.7 Å². The van der Waals surface area contributed by atoms with Crippen LogP contribution in [-0.2, 0) is 16.1 Å². The summed E-state index contributed by atoms with van der Waals surface area (Å²) in [5.41, 5.74) is 3.49. The molecule has 0 fully saturated rings. The van der Waals surface area contributed by atoms with Crippen LogP contribution in [0.1, 0.15) is 28.4 Å². The molecule has 3 aromatic carbocycles. The van der Waals surface area contributed by atoms with Crippen molar-refractivity contribution in [3.8, 4) is 11.8 Å². The number of benzene rings is 3. The molecule has 0 saturated heterocycles. The summed E-state index contributed by atoms with van der Waals surface area (Å²) in [7, 11) is 0. The largest absolute Gasteiger partial charge is 0.449 e. The zero-order valence-corrected chi connectivity index (χ0v) is 16.2. The van der Waals surface area contributed by atoms with E-state index in [4.69, 9.17) is 4.74 Å². The Morgan fingerprint density at radius 3 is 2.03 bits per heavy atom. The van der Waals surface area contributed by atoms with E-state index in [9.17, 15) is 4.79 Å². The minimum Gasteiger partial charge on any atom is -0.449 e. The summed E-state index contributed by atoms with van der Waals surface area (Å²) >= 11 is 0. The van der Waals surface area contributed by atoms with Gasteiger partial charge < -0.3 is 4.74 Å². The van der Waals surface area contributed by atoms with Gasteiger partial charge in [0.15, 0.2) is 0 Å². The van der Waals surface area contributed by atoms with Crippen LogP contribution in [0.5, 0.6) is 0 Å². The zero-order chi connectivity index (χ0) is 20.6. The number of ether oxygens (including phenoxy) is 1. The molecule has 1 aromatic heterocycles. The van der Waals surface area contributed by atoms with Gasteiger partial charge in [0.05, 0.1) is 6.20 Å². The van der Waals surface area contributed by atoms with Crippen molar-refractivity contribution in [2.75, 3.05) is 0 Å². The molecule has 4 aromatic rings. The first-order valence-corrected chi connectivity index (χ1v) is 9.54. The fourth-order valence-corrected chi connectivity index (χ4v) is 3.09. The van der Waals surface area contributed by atoms with Gasteiger partial charge in [0, 0.05) is 11.5 Å². The molecule has 0 aliphatic heterocycles. The van der Waals surface area contributed by atoms with Crippen LogP contribution >= 0.6 is 0 Å². The van der Waals surface area contributed by atoms with Crippen LogP contribution in [0.2, 0.25) is 0 Å². The lowest BCUT2D eigenvalue weighted by Gasteiger charge is -2.17. The van der Waals surface area contributed by atoms with Crippen molar-refractivity contribution in [3.05, 3.63) is 120 Å². The molecule has 0 saturated carbocycles. The zero-order valence-electron chi connectivity index (χ0n) is 16.2. The number of hydrogen-bond acceptors (Lipinski definition) is 4. The monoisotopic (exact) mass is 393 g/mol. The third-order valence-corrected chi connectivity index (χ3v) is 4.49. The van der Waals surface area contributed by atoms with E-state index < -0.39 is 5.97 Å². The van der Waals surface area contributed by atoms with Crippen LogP contribution < -0.4 is 0 Å². The lowest BCUT2D eigenvalue weighted by molar-refractivity contribution is -0.138. The van der Waals surface area contributed by atoms with Crippen molar-refractivity contribution in [1.29, 1.82) is 0 Å². The fourth-order valence-electron chi connectivity index (χ4n) is 3.09. The summed E-state index contributed by atoms with van der Waals surface area (Å²) in [6.45, 7) is 0.0125. The molecule has 4 rings (SSSR count). The molecule has 0 amide bonds. The highest BCUT2D eigenvalue weighted by molar-refractivity contribution is 5.89. The number of esters is 1. The molecule has 0 spiro atoms. The number of nitrogens with zero attached hydrogens (tertiary/aromatic N) is 3. The average Bonchev–Trinajstić information content (AvgIpc) is 3.27. The average molecular weight is 393 g/mol. The van der Waals surface area contributed by atoms with Crippen LogP contribution in [0.25, 0.3) is 0 Å². The summed E-state index contributed by atoms with van der Waals surface area (Å²) in [5, 5.41) is 8.45. The summed E-state index contributed by atoms with van der Waals surface area (Å²) in [6, 6.07) is 29.3. The third-order valence-electron chi connectivity index (χ3n) is 4.49. The van der Waals surface area contributed by atoms with Crippen LogP contribution in [0, 0.1) is 11.8 Å². The van der Waals surface area contributed by atoms with Crippen molar-refractivity contribution in [3.63, 3.8) is 0 Å². The van der Waals surface area contributed by atoms with Crippen LogP contribution in [0.3, 0.4) is 0 Å². The van der Waals surface area contributed by atoms with Gasteiger partial charge in [-0.15, -0.1) is 5.10 Å². The second-order valence-electron chi connectivity index (χ2n) is 6.61. The summed E-state index contributed by atoms with van der Waals surface area (Å²) in [5.74, 6) is 4.66. The van der Waals surface area contributed by atoms with Crippen molar-refractivity contribution in [1.82, 2.24) is 15.0 Å². The first-order valence-electron chi connectivity index (χ1n) is 9.54. The Hall–Kier alpha value is -4.17. The standard InChI is InChI=1S/C25H19N3O2/c29-24(17-16-20-10-4-1-5-11-20)30-19-23-18-28(27-26-23)25(21-12-6-2-7-13-21)22-14-8-3-9-15-22/h1-15,18,25H,19H2. The molecule has 0 unspecified atom stereocenters. The van der Waals surface area contributed by atoms with E-state index in [2.05, 4.69) is 46.4 Å². The SMILES string of the molecule is O=C(C#Cc1ccccc1)OCc1cn(C(c2ccccc2)c2ccccc2)nn1. The van der Waals surface area contributed by atoms with Gasteiger partial charge in [-0.2, -0.15) is 0 Å². The topological polar surface area (TPSA) is 57.0 Å². The molecular formula is C25H19N3O2. The highest BCUT2D eigenvalue weighted by Gasteiger charge is 2.18. The van der Waals surface area contributed by atoms with Crippen molar-refractivity contribution >= 4 is 5.97 Å². The maximum Gasteiger partial charge on any atom is 0.385 e. The van der Waals surface area contributed by atoms with Crippen LogP contribution in [-0.4, -0.2) is 21.0 Å². The predicted molar refractivity (Wildman–Crippen MR) is 113 cm³/mol. The molecular weight excluding hydrogens is 374 g/mol. The Kier molecular flexibility index (Phi) is 5.97. The molecule has 5 nitrogen and oxygen atoms in total.